The second-order valence-electron chi connectivity index (χ2n) is 5.60. The minimum Gasteiger partial charge on any atom is -0.444 e. The van der Waals surface area contributed by atoms with Gasteiger partial charge in [0, 0.05) is 31.1 Å². The molecular formula is C11H20N2O2S. The van der Waals surface area contributed by atoms with Gasteiger partial charge in [0.25, 0.3) is 0 Å². The molecule has 5 heteroatoms. The zero-order valence-corrected chi connectivity index (χ0v) is 11.0. The van der Waals surface area contributed by atoms with E-state index in [1.54, 1.807) is 0 Å². The van der Waals surface area contributed by atoms with E-state index in [1.165, 1.54) is 0 Å². The molecule has 2 aliphatic rings. The molecule has 0 unspecified atom stereocenters. The molecule has 2 saturated heterocycles. The van der Waals surface area contributed by atoms with Crippen LogP contribution < -0.4 is 5.32 Å². The van der Waals surface area contributed by atoms with E-state index < -0.39 is 5.60 Å². The molecule has 0 saturated carbocycles. The summed E-state index contributed by atoms with van der Waals surface area (Å²) in [5, 5.41) is 3.51. The predicted molar refractivity (Wildman–Crippen MR) is 65.9 cm³/mol. The van der Waals surface area contributed by atoms with Gasteiger partial charge in [0.05, 0.1) is 5.54 Å². The maximum absolute atomic E-state index is 11.9. The van der Waals surface area contributed by atoms with E-state index >= 15 is 0 Å². The molecule has 2 aliphatic heterocycles. The minimum absolute atomic E-state index is 0.166. The lowest BCUT2D eigenvalue weighted by Gasteiger charge is -2.48. The molecule has 0 bridgehead atoms. The highest BCUT2D eigenvalue weighted by Crippen LogP contribution is 2.32. The van der Waals surface area contributed by atoms with Crippen LogP contribution in [0.15, 0.2) is 0 Å². The van der Waals surface area contributed by atoms with Crippen LogP contribution in [0, 0.1) is 0 Å². The van der Waals surface area contributed by atoms with Crippen LogP contribution in [0.4, 0.5) is 4.79 Å². The molecule has 2 heterocycles. The number of nitrogens with zero attached hydrogens (tertiary/aromatic N) is 1. The van der Waals surface area contributed by atoms with Crippen LogP contribution in [0.25, 0.3) is 0 Å². The lowest BCUT2D eigenvalue weighted by molar-refractivity contribution is 0.0148. The van der Waals surface area contributed by atoms with E-state index in [-0.39, 0.29) is 11.6 Å². The van der Waals surface area contributed by atoms with E-state index in [2.05, 4.69) is 5.32 Å². The predicted octanol–water partition coefficient (Wildman–Crippen LogP) is 1.31. The number of carbonyl (C=O) groups is 1. The maximum atomic E-state index is 11.9. The van der Waals surface area contributed by atoms with Crippen LogP contribution in [0.1, 0.15) is 20.8 Å². The fourth-order valence-electron chi connectivity index (χ4n) is 1.98. The van der Waals surface area contributed by atoms with Gasteiger partial charge in [-0.1, -0.05) is 0 Å². The Bertz CT molecular complexity index is 284. The summed E-state index contributed by atoms with van der Waals surface area (Å²) in [4.78, 5) is 13.7. The zero-order valence-electron chi connectivity index (χ0n) is 10.2. The summed E-state index contributed by atoms with van der Waals surface area (Å²) >= 11 is 1.93. The molecule has 0 atom stereocenters. The summed E-state index contributed by atoms with van der Waals surface area (Å²) in [7, 11) is 0. The Hall–Kier alpha value is -0.420. The van der Waals surface area contributed by atoms with E-state index in [9.17, 15) is 4.79 Å². The van der Waals surface area contributed by atoms with Crippen LogP contribution >= 0.6 is 11.8 Å². The van der Waals surface area contributed by atoms with Crippen molar-refractivity contribution in [2.75, 3.05) is 31.1 Å². The average molecular weight is 244 g/mol. The molecule has 2 fully saturated rings. The molecule has 2 rings (SSSR count). The highest BCUT2D eigenvalue weighted by molar-refractivity contribution is 8.00. The first-order valence-corrected chi connectivity index (χ1v) is 6.86. The van der Waals surface area contributed by atoms with Gasteiger partial charge in [-0.05, 0) is 20.8 Å². The van der Waals surface area contributed by atoms with Crippen LogP contribution in [0.3, 0.4) is 0 Å². The Morgan fingerprint density at radius 2 is 2.12 bits per heavy atom. The number of amides is 1. The van der Waals surface area contributed by atoms with Gasteiger partial charge < -0.3 is 15.0 Å². The molecule has 4 nitrogen and oxygen atoms in total. The number of ether oxygens (including phenoxy) is 1. The number of hydrogen-bond donors (Lipinski definition) is 1. The van der Waals surface area contributed by atoms with Gasteiger partial charge in [-0.2, -0.15) is 11.8 Å². The minimum atomic E-state index is -0.399. The third-order valence-electron chi connectivity index (χ3n) is 2.78. The Kier molecular flexibility index (Phi) is 3.09. The van der Waals surface area contributed by atoms with E-state index in [4.69, 9.17) is 4.74 Å². The molecule has 0 aliphatic carbocycles. The van der Waals surface area contributed by atoms with Crippen molar-refractivity contribution in [3.05, 3.63) is 0 Å². The lowest BCUT2D eigenvalue weighted by Crippen LogP contribution is -2.68. The third-order valence-corrected chi connectivity index (χ3v) is 4.30. The fourth-order valence-corrected chi connectivity index (χ4v) is 3.06. The van der Waals surface area contributed by atoms with Crippen LogP contribution in [-0.4, -0.2) is 53.3 Å². The molecule has 1 N–H and O–H groups in total. The second kappa shape index (κ2) is 4.11. The number of rotatable bonds is 0. The molecule has 92 valence electrons. The molecule has 0 aromatic carbocycles. The van der Waals surface area contributed by atoms with Crippen LogP contribution in [0.5, 0.6) is 0 Å². The van der Waals surface area contributed by atoms with Crippen LogP contribution in [0.2, 0.25) is 0 Å². The Labute approximate surface area is 101 Å². The number of hydrogen-bond acceptors (Lipinski definition) is 4. The van der Waals surface area contributed by atoms with Crippen molar-refractivity contribution in [3.63, 3.8) is 0 Å². The molecule has 0 aromatic rings. The second-order valence-corrected chi connectivity index (χ2v) is 6.59. The maximum Gasteiger partial charge on any atom is 0.410 e. The molecule has 16 heavy (non-hydrogen) atoms. The van der Waals surface area contributed by atoms with Crippen molar-refractivity contribution in [1.29, 1.82) is 0 Å². The molecule has 1 amide bonds. The summed E-state index contributed by atoms with van der Waals surface area (Å²) in [5.41, 5.74) is -0.233. The summed E-state index contributed by atoms with van der Waals surface area (Å²) in [6.45, 7) is 8.13. The van der Waals surface area contributed by atoms with Crippen LogP contribution in [-0.2, 0) is 4.74 Å². The van der Waals surface area contributed by atoms with Gasteiger partial charge in [0.2, 0.25) is 0 Å². The van der Waals surface area contributed by atoms with Gasteiger partial charge in [0.1, 0.15) is 5.60 Å². The van der Waals surface area contributed by atoms with Gasteiger partial charge in [-0.3, -0.25) is 0 Å². The number of nitrogens with one attached hydrogen (secondary N) is 1. The smallest absolute Gasteiger partial charge is 0.410 e. The molecule has 0 radical (unpaired) electrons. The van der Waals surface area contributed by atoms with Crippen molar-refractivity contribution >= 4 is 17.9 Å². The first-order chi connectivity index (χ1) is 7.40. The Balaban J connectivity index is 1.91. The monoisotopic (exact) mass is 244 g/mol. The van der Waals surface area contributed by atoms with Gasteiger partial charge in [-0.25, -0.2) is 4.79 Å². The van der Waals surface area contributed by atoms with Crippen molar-refractivity contribution in [3.8, 4) is 0 Å². The Morgan fingerprint density at radius 1 is 1.44 bits per heavy atom. The topological polar surface area (TPSA) is 41.6 Å². The third kappa shape index (κ3) is 2.63. The first-order valence-electron chi connectivity index (χ1n) is 5.71. The number of piperazine rings is 1. The molecule has 1 spiro atoms. The molecule has 0 aromatic heterocycles. The number of thioether (sulfide) groups is 1. The highest BCUT2D eigenvalue weighted by atomic mass is 32.2. The average Bonchev–Trinajstić information content (AvgIpc) is 2.13. The van der Waals surface area contributed by atoms with E-state index in [0.717, 1.165) is 31.1 Å². The SMILES string of the molecule is CC(C)(C)OC(=O)N1CCNC2(CSC2)C1. The standard InChI is InChI=1S/C11H20N2O2S/c1-10(2,3)15-9(14)13-5-4-12-11(6-13)7-16-8-11/h12H,4-8H2,1-3H3. The highest BCUT2D eigenvalue weighted by Gasteiger charge is 2.43. The molecular weight excluding hydrogens is 224 g/mol. The van der Waals surface area contributed by atoms with Crippen molar-refractivity contribution in [1.82, 2.24) is 10.2 Å². The van der Waals surface area contributed by atoms with Gasteiger partial charge in [0.15, 0.2) is 0 Å². The van der Waals surface area contributed by atoms with E-state index in [1.807, 2.05) is 37.4 Å². The van der Waals surface area contributed by atoms with Gasteiger partial charge >= 0.3 is 6.09 Å². The summed E-state index contributed by atoms with van der Waals surface area (Å²) in [6, 6.07) is 0. The zero-order chi connectivity index (χ0) is 11.8. The summed E-state index contributed by atoms with van der Waals surface area (Å²) in [5.74, 6) is 2.21. The van der Waals surface area contributed by atoms with Crippen molar-refractivity contribution in [2.45, 2.75) is 31.9 Å². The van der Waals surface area contributed by atoms with Crippen molar-refractivity contribution in [2.24, 2.45) is 0 Å². The quantitative estimate of drug-likeness (QED) is 0.697. The van der Waals surface area contributed by atoms with E-state index in [0.29, 0.717) is 0 Å². The normalized spacial score (nSPS) is 24.1. The van der Waals surface area contributed by atoms with Gasteiger partial charge in [-0.15, -0.1) is 0 Å². The fraction of sp³-hybridized carbons (Fsp3) is 0.909. The summed E-state index contributed by atoms with van der Waals surface area (Å²) < 4.78 is 5.39. The first kappa shape index (κ1) is 12.0. The lowest BCUT2D eigenvalue weighted by atomic mass is 10.0. The van der Waals surface area contributed by atoms with Crippen molar-refractivity contribution < 1.29 is 9.53 Å². The number of carbonyl (C=O) groups excluding carboxylic acids is 1. The Morgan fingerprint density at radius 3 is 2.62 bits per heavy atom. The largest absolute Gasteiger partial charge is 0.444 e. The summed E-state index contributed by atoms with van der Waals surface area (Å²) in [6.07, 6.45) is -0.176.